The molecule has 1 amide bonds. The van der Waals surface area contributed by atoms with E-state index in [1.807, 2.05) is 0 Å². The first-order valence-electron chi connectivity index (χ1n) is 5.35. The van der Waals surface area contributed by atoms with Gasteiger partial charge in [-0.15, -0.1) is 0 Å². The fraction of sp³-hybridized carbons (Fsp3) is 0.800. The van der Waals surface area contributed by atoms with Gasteiger partial charge in [0.25, 0.3) is 0 Å². The Morgan fingerprint density at radius 2 is 2.19 bits per heavy atom. The molecule has 1 rings (SSSR count). The number of halogens is 2. The Kier molecular flexibility index (Phi) is 5.46. The first-order valence-corrected chi connectivity index (χ1v) is 6.81. The Hall–Kier alpha value is 0.120. The van der Waals surface area contributed by atoms with E-state index < -0.39 is 11.1 Å². The third-order valence-corrected chi connectivity index (χ3v) is 3.77. The number of hydrogen-bond acceptors (Lipinski definition) is 3. The topological polar surface area (TPSA) is 46.6 Å². The summed E-state index contributed by atoms with van der Waals surface area (Å²) in [5, 5.41) is -0.619. The normalized spacial score (nSPS) is 24.1. The smallest absolute Gasteiger partial charge is 0.319 e. The first kappa shape index (κ1) is 14.2. The summed E-state index contributed by atoms with van der Waals surface area (Å²) in [4.78, 5) is 23.9. The molecule has 0 N–H and O–H groups in total. The Morgan fingerprint density at radius 1 is 1.50 bits per heavy atom. The molecule has 6 heteroatoms. The zero-order valence-electron chi connectivity index (χ0n) is 9.17. The molecule has 92 valence electrons. The van der Waals surface area contributed by atoms with Crippen LogP contribution in [0.5, 0.6) is 0 Å². The number of ether oxygens (including phenoxy) is 1. The van der Waals surface area contributed by atoms with E-state index >= 15 is 0 Å². The maximum Gasteiger partial charge on any atom is 0.319 e. The van der Waals surface area contributed by atoms with Crippen molar-refractivity contribution in [3.63, 3.8) is 0 Å². The average Bonchev–Trinajstić information content (AvgIpc) is 2.14. The molecule has 1 saturated heterocycles. The van der Waals surface area contributed by atoms with Gasteiger partial charge in [0.2, 0.25) is 9.51 Å². The van der Waals surface area contributed by atoms with Crippen molar-refractivity contribution in [3.05, 3.63) is 0 Å². The zero-order chi connectivity index (χ0) is 12.2. The van der Waals surface area contributed by atoms with Gasteiger partial charge < -0.3 is 4.74 Å². The zero-order valence-corrected chi connectivity index (χ0v) is 12.1. The van der Waals surface area contributed by atoms with Crippen LogP contribution in [0, 0.1) is 0 Å². The number of likely N-dealkylation sites (tertiary alicyclic amines) is 1. The van der Waals surface area contributed by atoms with E-state index in [4.69, 9.17) is 16.3 Å². The van der Waals surface area contributed by atoms with Gasteiger partial charge in [0.1, 0.15) is 0 Å². The van der Waals surface area contributed by atoms with E-state index in [-0.39, 0.29) is 3.79 Å². The molecule has 1 fully saturated rings. The van der Waals surface area contributed by atoms with Gasteiger partial charge in [-0.25, -0.2) is 0 Å². The molecule has 0 aliphatic carbocycles. The number of nitrogens with zero attached hydrogens (tertiary/aromatic N) is 1. The lowest BCUT2D eigenvalue weighted by Crippen LogP contribution is -2.65. The van der Waals surface area contributed by atoms with Crippen molar-refractivity contribution in [3.8, 4) is 0 Å². The van der Waals surface area contributed by atoms with Crippen LogP contribution in [0.1, 0.15) is 32.6 Å². The number of unbranched alkanes of at least 4 members (excludes halogenated alkanes) is 2. The summed E-state index contributed by atoms with van der Waals surface area (Å²) in [5.74, 6) is 0. The fourth-order valence-corrected chi connectivity index (χ4v) is 2.60. The molecule has 1 unspecified atom stereocenters. The lowest BCUT2D eigenvalue weighted by molar-refractivity contribution is -0.187. The molecule has 1 atom stereocenters. The molecule has 4 nitrogen and oxygen atoms in total. The van der Waals surface area contributed by atoms with Crippen molar-refractivity contribution in [1.82, 2.24) is 4.90 Å². The lowest BCUT2D eigenvalue weighted by Gasteiger charge is -2.48. The Morgan fingerprint density at radius 3 is 2.56 bits per heavy atom. The second-order valence-electron chi connectivity index (χ2n) is 3.77. The van der Waals surface area contributed by atoms with Gasteiger partial charge in [-0.3, -0.25) is 14.5 Å². The summed E-state index contributed by atoms with van der Waals surface area (Å²) in [6, 6.07) is 0. The first-order chi connectivity index (χ1) is 7.54. The van der Waals surface area contributed by atoms with Crippen molar-refractivity contribution in [1.29, 1.82) is 0 Å². The van der Waals surface area contributed by atoms with Gasteiger partial charge in [0.05, 0.1) is 6.61 Å². The quantitative estimate of drug-likeness (QED) is 0.317. The van der Waals surface area contributed by atoms with Crippen LogP contribution in [0.3, 0.4) is 0 Å². The van der Waals surface area contributed by atoms with E-state index in [2.05, 4.69) is 6.92 Å². The van der Waals surface area contributed by atoms with Crippen LogP contribution >= 0.6 is 34.2 Å². The van der Waals surface area contributed by atoms with Gasteiger partial charge >= 0.3 is 5.37 Å². The molecule has 0 radical (unpaired) electrons. The van der Waals surface area contributed by atoms with Crippen LogP contribution in [-0.4, -0.2) is 32.9 Å². The number of amides is 1. The minimum Gasteiger partial charge on any atom is -0.348 e. The molecule has 0 bridgehead atoms. The Balaban J connectivity index is 2.54. The molecule has 0 aromatic carbocycles. The average molecular weight is 360 g/mol. The van der Waals surface area contributed by atoms with Crippen molar-refractivity contribution in [2.45, 2.75) is 38.3 Å². The Labute approximate surface area is 114 Å². The van der Waals surface area contributed by atoms with Crippen LogP contribution in [0.25, 0.3) is 0 Å². The third-order valence-electron chi connectivity index (χ3n) is 2.72. The molecule has 0 aromatic heterocycles. The largest absolute Gasteiger partial charge is 0.348 e. The molecule has 0 saturated carbocycles. The van der Waals surface area contributed by atoms with Crippen molar-refractivity contribution in [2.75, 3.05) is 13.2 Å². The van der Waals surface area contributed by atoms with Crippen LogP contribution in [0.15, 0.2) is 0 Å². The molecular formula is C10H15ClINO3. The molecule has 1 heterocycles. The molecule has 1 aliphatic rings. The van der Waals surface area contributed by atoms with E-state index in [1.165, 1.54) is 4.90 Å². The van der Waals surface area contributed by atoms with Crippen LogP contribution < -0.4 is 0 Å². The minimum absolute atomic E-state index is 0.179. The molecule has 16 heavy (non-hydrogen) atoms. The van der Waals surface area contributed by atoms with E-state index in [9.17, 15) is 9.59 Å². The number of carbonyl (C=O) groups is 2. The predicted molar refractivity (Wildman–Crippen MR) is 69.8 cm³/mol. The highest BCUT2D eigenvalue weighted by molar-refractivity contribution is 14.1. The Bertz CT molecular complexity index is 287. The highest BCUT2D eigenvalue weighted by Gasteiger charge is 2.53. The summed E-state index contributed by atoms with van der Waals surface area (Å²) in [7, 11) is 0. The maximum absolute atomic E-state index is 11.5. The van der Waals surface area contributed by atoms with E-state index in [0.29, 0.717) is 19.6 Å². The van der Waals surface area contributed by atoms with Gasteiger partial charge in [-0.05, 0) is 18.0 Å². The van der Waals surface area contributed by atoms with Crippen molar-refractivity contribution in [2.24, 2.45) is 0 Å². The van der Waals surface area contributed by atoms with E-state index in [0.717, 1.165) is 19.3 Å². The second kappa shape index (κ2) is 6.16. The summed E-state index contributed by atoms with van der Waals surface area (Å²) in [5.41, 5.74) is -1.09. The van der Waals surface area contributed by atoms with Crippen LogP contribution in [-0.2, 0) is 9.53 Å². The van der Waals surface area contributed by atoms with Gasteiger partial charge in [-0.1, -0.05) is 19.8 Å². The molecule has 0 spiro atoms. The predicted octanol–water partition coefficient (Wildman–Crippen LogP) is 2.92. The summed E-state index contributed by atoms with van der Waals surface area (Å²) < 4.78 is 5.39. The molecule has 1 aliphatic heterocycles. The van der Waals surface area contributed by atoms with Crippen LogP contribution in [0.4, 0.5) is 4.79 Å². The highest BCUT2D eigenvalue weighted by atomic mass is 127. The van der Waals surface area contributed by atoms with Gasteiger partial charge in [0, 0.05) is 35.6 Å². The standard InChI is InChI=1S/C10H15ClINO3/c1-2-3-4-7-16-10(8(12)14)5-6-13(10)9(11)15/h2-7H2,1H3. The maximum atomic E-state index is 11.5. The number of hydrogen-bond donors (Lipinski definition) is 0. The number of carbonyl (C=O) groups excluding carboxylic acids is 2. The van der Waals surface area contributed by atoms with Crippen LogP contribution in [0.2, 0.25) is 0 Å². The number of rotatable bonds is 6. The summed E-state index contributed by atoms with van der Waals surface area (Å²) >= 11 is 7.07. The minimum atomic E-state index is -1.09. The third kappa shape index (κ3) is 2.87. The van der Waals surface area contributed by atoms with Crippen molar-refractivity contribution < 1.29 is 14.3 Å². The van der Waals surface area contributed by atoms with Crippen molar-refractivity contribution >= 4 is 43.3 Å². The monoisotopic (exact) mass is 359 g/mol. The SMILES string of the molecule is CCCCCOC1(C(=O)I)CCN1C(=O)Cl. The molecule has 0 aromatic rings. The highest BCUT2D eigenvalue weighted by Crippen LogP contribution is 2.36. The summed E-state index contributed by atoms with van der Waals surface area (Å²) in [6.07, 6.45) is 3.58. The molecular weight excluding hydrogens is 344 g/mol. The lowest BCUT2D eigenvalue weighted by atomic mass is 10.0. The van der Waals surface area contributed by atoms with Gasteiger partial charge in [-0.2, -0.15) is 0 Å². The fourth-order valence-electron chi connectivity index (χ4n) is 1.66. The summed E-state index contributed by atoms with van der Waals surface area (Å²) in [6.45, 7) is 3.07. The van der Waals surface area contributed by atoms with E-state index in [1.54, 1.807) is 22.6 Å². The second-order valence-corrected chi connectivity index (χ2v) is 5.07. The van der Waals surface area contributed by atoms with Gasteiger partial charge in [0.15, 0.2) is 0 Å².